The third-order valence-corrected chi connectivity index (χ3v) is 8.14. The summed E-state index contributed by atoms with van der Waals surface area (Å²) in [7, 11) is 3.28. The van der Waals surface area contributed by atoms with E-state index < -0.39 is 0 Å². The molecule has 1 heterocycles. The van der Waals surface area contributed by atoms with Gasteiger partial charge in [-0.25, -0.2) is 9.37 Å². The fraction of sp³-hybridized carbons (Fsp3) is 0.250. The number of hydrogen-bond acceptors (Lipinski definition) is 4. The molecule has 4 aromatic rings. The van der Waals surface area contributed by atoms with E-state index in [1.165, 1.54) is 17.8 Å². The first kappa shape index (κ1) is 25.0. The van der Waals surface area contributed by atoms with Gasteiger partial charge in [0, 0.05) is 27.9 Å². The Labute approximate surface area is 224 Å². The molecule has 1 aliphatic carbocycles. The fourth-order valence-electron chi connectivity index (χ4n) is 4.71. The number of halogens is 3. The van der Waals surface area contributed by atoms with Gasteiger partial charge in [-0.2, -0.15) is 0 Å². The minimum atomic E-state index is -0.312. The highest BCUT2D eigenvalue weighted by Gasteiger charge is 2.30. The summed E-state index contributed by atoms with van der Waals surface area (Å²) in [5.41, 5.74) is 4.77. The summed E-state index contributed by atoms with van der Waals surface area (Å²) in [6.07, 6.45) is 2.88. The van der Waals surface area contributed by atoms with Gasteiger partial charge in [0.05, 0.1) is 30.6 Å². The highest BCUT2D eigenvalue weighted by atomic mass is 35.5. The lowest BCUT2D eigenvalue weighted by molar-refractivity contribution is 0.413. The van der Waals surface area contributed by atoms with Crippen molar-refractivity contribution in [2.75, 3.05) is 14.2 Å². The Morgan fingerprint density at radius 3 is 2.56 bits per heavy atom. The summed E-state index contributed by atoms with van der Waals surface area (Å²) in [4.78, 5) is 5.05. The van der Waals surface area contributed by atoms with Gasteiger partial charge in [-0.05, 0) is 73.4 Å². The van der Waals surface area contributed by atoms with E-state index in [0.717, 1.165) is 52.8 Å². The molecule has 186 valence electrons. The van der Waals surface area contributed by atoms with Gasteiger partial charge < -0.3 is 9.47 Å². The number of nitrogens with zero attached hydrogens (tertiary/aromatic N) is 2. The van der Waals surface area contributed by atoms with E-state index in [1.54, 1.807) is 26.4 Å². The van der Waals surface area contributed by atoms with Crippen LogP contribution in [0.1, 0.15) is 41.3 Å². The molecule has 0 saturated carbocycles. The predicted octanol–water partition coefficient (Wildman–Crippen LogP) is 8.10. The molecule has 1 atom stereocenters. The minimum absolute atomic E-state index is 0.112. The molecule has 0 fully saturated rings. The van der Waals surface area contributed by atoms with Crippen molar-refractivity contribution >= 4 is 35.0 Å². The second-order valence-electron chi connectivity index (χ2n) is 8.59. The zero-order chi connectivity index (χ0) is 25.2. The summed E-state index contributed by atoms with van der Waals surface area (Å²) in [6.45, 7) is 0. The van der Waals surface area contributed by atoms with E-state index in [2.05, 4.69) is 10.6 Å². The number of aromatic nitrogens is 2. The Morgan fingerprint density at radius 2 is 1.83 bits per heavy atom. The smallest absolute Gasteiger partial charge is 0.173 e. The van der Waals surface area contributed by atoms with Crippen molar-refractivity contribution in [2.24, 2.45) is 0 Å². The van der Waals surface area contributed by atoms with Gasteiger partial charge in [-0.3, -0.25) is 4.57 Å². The van der Waals surface area contributed by atoms with Gasteiger partial charge in [-0.15, -0.1) is 0 Å². The third-order valence-electron chi connectivity index (χ3n) is 6.51. The Morgan fingerprint density at radius 1 is 1.03 bits per heavy atom. The molecule has 8 heteroatoms. The van der Waals surface area contributed by atoms with Gasteiger partial charge in [0.15, 0.2) is 5.16 Å². The van der Waals surface area contributed by atoms with Gasteiger partial charge in [-0.1, -0.05) is 47.1 Å². The molecule has 36 heavy (non-hydrogen) atoms. The van der Waals surface area contributed by atoms with Crippen molar-refractivity contribution in [3.63, 3.8) is 0 Å². The van der Waals surface area contributed by atoms with Crippen molar-refractivity contribution in [2.45, 2.75) is 36.1 Å². The standard InChI is InChI=1S/C28H25Cl2FN2O2S/c1-34-19-12-10-18(11-13-19)33-27-20(17-9-14-23(30)26(15-17)35-2)5-3-8-25(27)32-28(33)36-16-21-22(29)6-4-7-24(21)31/h4,6-7,9-15,20H,3,5,8,16H2,1-2H3. The first-order valence-electron chi connectivity index (χ1n) is 11.6. The van der Waals surface area contributed by atoms with E-state index in [9.17, 15) is 4.39 Å². The molecule has 0 N–H and O–H groups in total. The molecule has 0 spiro atoms. The summed E-state index contributed by atoms with van der Waals surface area (Å²) in [5, 5.41) is 1.80. The van der Waals surface area contributed by atoms with Crippen molar-refractivity contribution < 1.29 is 13.9 Å². The molecular weight excluding hydrogens is 518 g/mol. The number of methoxy groups -OCH3 is 2. The molecule has 0 aliphatic heterocycles. The number of benzene rings is 3. The number of rotatable bonds is 7. The molecular formula is C28H25Cl2FN2O2S. The van der Waals surface area contributed by atoms with Gasteiger partial charge >= 0.3 is 0 Å². The number of imidazole rings is 1. The van der Waals surface area contributed by atoms with Crippen molar-refractivity contribution in [1.29, 1.82) is 0 Å². The average Bonchev–Trinajstić information content (AvgIpc) is 3.27. The normalized spacial score (nSPS) is 15.0. The Kier molecular flexibility index (Phi) is 7.47. The molecule has 1 unspecified atom stereocenters. The first-order chi connectivity index (χ1) is 17.5. The van der Waals surface area contributed by atoms with Gasteiger partial charge in [0.25, 0.3) is 0 Å². The molecule has 3 aromatic carbocycles. The van der Waals surface area contributed by atoms with Crippen LogP contribution in [0.2, 0.25) is 10.0 Å². The molecule has 0 amide bonds. The Bertz CT molecular complexity index is 1370. The average molecular weight is 543 g/mol. The number of ether oxygens (including phenoxy) is 2. The maximum atomic E-state index is 14.5. The second kappa shape index (κ2) is 10.8. The topological polar surface area (TPSA) is 36.3 Å². The summed E-state index contributed by atoms with van der Waals surface area (Å²) < 4.78 is 27.6. The van der Waals surface area contributed by atoms with Crippen LogP contribution in [-0.2, 0) is 12.2 Å². The second-order valence-corrected chi connectivity index (χ2v) is 10.3. The highest BCUT2D eigenvalue weighted by molar-refractivity contribution is 7.98. The monoisotopic (exact) mass is 542 g/mol. The van der Waals surface area contributed by atoms with E-state index in [0.29, 0.717) is 27.1 Å². The van der Waals surface area contributed by atoms with Crippen LogP contribution >= 0.6 is 35.0 Å². The molecule has 0 radical (unpaired) electrons. The number of hydrogen-bond donors (Lipinski definition) is 0. The molecule has 1 aromatic heterocycles. The molecule has 0 saturated heterocycles. The maximum absolute atomic E-state index is 14.5. The largest absolute Gasteiger partial charge is 0.497 e. The van der Waals surface area contributed by atoms with Crippen LogP contribution in [0, 0.1) is 5.82 Å². The van der Waals surface area contributed by atoms with Crippen LogP contribution in [0.3, 0.4) is 0 Å². The van der Waals surface area contributed by atoms with Crippen LogP contribution in [0.4, 0.5) is 4.39 Å². The van der Waals surface area contributed by atoms with Crippen molar-refractivity contribution in [1.82, 2.24) is 9.55 Å². The summed E-state index contributed by atoms with van der Waals surface area (Å²) >= 11 is 14.1. The van der Waals surface area contributed by atoms with Crippen LogP contribution < -0.4 is 9.47 Å². The van der Waals surface area contributed by atoms with Crippen LogP contribution in [0.25, 0.3) is 5.69 Å². The molecule has 1 aliphatic rings. The SMILES string of the molecule is COc1ccc(-n2c(SCc3c(F)cccc3Cl)nc3c2C(c2ccc(Cl)c(OC)c2)CCC3)cc1. The first-order valence-corrected chi connectivity index (χ1v) is 13.4. The van der Waals surface area contributed by atoms with Crippen LogP contribution in [-0.4, -0.2) is 23.8 Å². The lowest BCUT2D eigenvalue weighted by Crippen LogP contribution is -2.15. The summed E-state index contributed by atoms with van der Waals surface area (Å²) in [5.74, 6) is 1.60. The Balaban J connectivity index is 1.62. The Hall–Kier alpha value is -2.67. The summed E-state index contributed by atoms with van der Waals surface area (Å²) in [6, 6.07) is 18.6. The van der Waals surface area contributed by atoms with Gasteiger partial charge in [0.1, 0.15) is 17.3 Å². The fourth-order valence-corrected chi connectivity index (χ4v) is 6.29. The van der Waals surface area contributed by atoms with E-state index in [4.69, 9.17) is 37.7 Å². The maximum Gasteiger partial charge on any atom is 0.173 e. The van der Waals surface area contributed by atoms with E-state index >= 15 is 0 Å². The van der Waals surface area contributed by atoms with Crippen LogP contribution in [0.5, 0.6) is 11.5 Å². The lowest BCUT2D eigenvalue weighted by atomic mass is 9.84. The zero-order valence-electron chi connectivity index (χ0n) is 19.9. The zero-order valence-corrected chi connectivity index (χ0v) is 22.3. The number of fused-ring (bicyclic) bond motifs is 1. The molecule has 5 rings (SSSR count). The molecule has 4 nitrogen and oxygen atoms in total. The molecule has 0 bridgehead atoms. The minimum Gasteiger partial charge on any atom is -0.497 e. The van der Waals surface area contributed by atoms with Crippen molar-refractivity contribution in [3.8, 4) is 17.2 Å². The quantitative estimate of drug-likeness (QED) is 0.221. The number of thioether (sulfide) groups is 1. The van der Waals surface area contributed by atoms with Gasteiger partial charge in [0.2, 0.25) is 0 Å². The number of aryl methyl sites for hydroxylation is 1. The van der Waals surface area contributed by atoms with Crippen molar-refractivity contribution in [3.05, 3.63) is 99.0 Å². The highest BCUT2D eigenvalue weighted by Crippen LogP contribution is 2.43. The predicted molar refractivity (Wildman–Crippen MR) is 144 cm³/mol. The van der Waals surface area contributed by atoms with E-state index in [-0.39, 0.29) is 11.7 Å². The van der Waals surface area contributed by atoms with Crippen LogP contribution in [0.15, 0.2) is 65.8 Å². The lowest BCUT2D eigenvalue weighted by Gasteiger charge is -2.26. The third kappa shape index (κ3) is 4.82. The van der Waals surface area contributed by atoms with E-state index in [1.807, 2.05) is 36.4 Å².